The van der Waals surface area contributed by atoms with E-state index in [9.17, 15) is 63.0 Å². The van der Waals surface area contributed by atoms with Crippen molar-refractivity contribution in [2.24, 2.45) is 41.2 Å². The minimum absolute atomic E-state index is 0.0266. The number of hydrogen-bond donors (Lipinski definition) is 7. The van der Waals surface area contributed by atoms with E-state index in [1.807, 2.05) is 34.6 Å². The van der Waals surface area contributed by atoms with Gasteiger partial charge in [0.15, 0.2) is 28.9 Å². The molecule has 8 N–H and O–H groups in total. The van der Waals surface area contributed by atoms with E-state index >= 15 is 0 Å². The van der Waals surface area contributed by atoms with Gasteiger partial charge in [0.1, 0.15) is 0 Å². The molecule has 2 saturated heterocycles. The second-order valence-electron chi connectivity index (χ2n) is 19.9. The van der Waals surface area contributed by atoms with Crippen molar-refractivity contribution < 1.29 is 63.0 Å². The molecule has 0 spiro atoms. The highest BCUT2D eigenvalue weighted by Crippen LogP contribution is 2.25. The molecule has 9 atom stereocenters. The maximum atomic E-state index is 13.7. The smallest absolute Gasteiger partial charge is 0.306 e. The first-order chi connectivity index (χ1) is 31.9. The van der Waals surface area contributed by atoms with Gasteiger partial charge in [-0.05, 0) is 63.7 Å². The van der Waals surface area contributed by atoms with Crippen molar-refractivity contribution in [2.75, 3.05) is 19.6 Å². The number of carboxylic acids is 1. The number of nitrogens with zero attached hydrogens (tertiary/aromatic N) is 1. The average Bonchev–Trinajstić information content (AvgIpc) is 3.94. The highest BCUT2D eigenvalue weighted by atomic mass is 16.4. The Hall–Kier alpha value is -4.91. The fourth-order valence-electron chi connectivity index (χ4n) is 8.91. The van der Waals surface area contributed by atoms with E-state index in [2.05, 4.69) is 21.3 Å². The lowest BCUT2D eigenvalue weighted by Crippen LogP contribution is -2.46. The molecule has 5 amide bonds. The van der Waals surface area contributed by atoms with Crippen molar-refractivity contribution in [2.45, 2.75) is 188 Å². The number of likely N-dealkylation sites (tertiary alicyclic amines) is 1. The monoisotopic (exact) mass is 961 g/mol. The predicted octanol–water partition coefficient (Wildman–Crippen LogP) is 2.50. The molecule has 384 valence electrons. The van der Waals surface area contributed by atoms with Gasteiger partial charge in [0.05, 0.1) is 42.7 Å². The Labute approximate surface area is 401 Å². The van der Waals surface area contributed by atoms with Gasteiger partial charge in [0, 0.05) is 75.8 Å². The summed E-state index contributed by atoms with van der Waals surface area (Å²) >= 11 is 0. The summed E-state index contributed by atoms with van der Waals surface area (Å²) in [6.45, 7) is 12.6. The Morgan fingerprint density at radius 1 is 0.721 bits per heavy atom. The normalized spacial score (nSPS) is 19.6. The van der Waals surface area contributed by atoms with Gasteiger partial charge in [-0.1, -0.05) is 60.8 Å². The number of aliphatic hydroxyl groups is 1. The first-order valence-electron chi connectivity index (χ1n) is 24.7. The first kappa shape index (κ1) is 59.2. The van der Waals surface area contributed by atoms with Crippen LogP contribution in [0, 0.1) is 35.5 Å². The largest absolute Gasteiger partial charge is 0.481 e. The lowest BCUT2D eigenvalue weighted by molar-refractivity contribution is -0.145. The van der Waals surface area contributed by atoms with Gasteiger partial charge < -0.3 is 42.1 Å². The Morgan fingerprint density at radius 3 is 1.94 bits per heavy atom. The van der Waals surface area contributed by atoms with E-state index in [4.69, 9.17) is 5.73 Å². The Bertz CT molecular complexity index is 1790. The fraction of sp³-hybridized carbons (Fsp3) is 0.776. The number of unbranched alkanes of at least 4 members (excludes halogenated alkanes) is 2. The zero-order valence-electron chi connectivity index (χ0n) is 41.4. The van der Waals surface area contributed by atoms with Crippen LogP contribution in [0.3, 0.4) is 0 Å². The maximum Gasteiger partial charge on any atom is 0.306 e. The number of amides is 5. The Balaban J connectivity index is 2.00. The number of carbonyl (C=O) groups excluding carboxylic acids is 10. The lowest BCUT2D eigenvalue weighted by atomic mass is 9.88. The Kier molecular flexibility index (Phi) is 26.0. The first-order valence-corrected chi connectivity index (χ1v) is 24.7. The van der Waals surface area contributed by atoms with Crippen LogP contribution in [0.4, 0.5) is 0 Å². The van der Waals surface area contributed by atoms with Gasteiger partial charge in [-0.3, -0.25) is 52.7 Å². The summed E-state index contributed by atoms with van der Waals surface area (Å²) < 4.78 is 0. The number of carbonyl (C=O) groups is 11. The molecular weight excluding hydrogens is 881 g/mol. The highest BCUT2D eigenvalue weighted by molar-refractivity contribution is 5.97. The molecular formula is C49H80N6O13. The van der Waals surface area contributed by atoms with Crippen molar-refractivity contribution in [1.82, 2.24) is 26.2 Å². The zero-order valence-corrected chi connectivity index (χ0v) is 41.4. The maximum absolute atomic E-state index is 13.7. The van der Waals surface area contributed by atoms with Crippen LogP contribution in [0.2, 0.25) is 0 Å². The van der Waals surface area contributed by atoms with Crippen molar-refractivity contribution in [3.05, 3.63) is 0 Å². The van der Waals surface area contributed by atoms with E-state index < -0.39 is 113 Å². The van der Waals surface area contributed by atoms with Crippen LogP contribution < -0.4 is 27.0 Å². The van der Waals surface area contributed by atoms with Crippen molar-refractivity contribution in [3.63, 3.8) is 0 Å². The van der Waals surface area contributed by atoms with Crippen LogP contribution in [0.15, 0.2) is 0 Å². The fourth-order valence-corrected chi connectivity index (χ4v) is 8.91. The molecule has 0 aromatic heterocycles. The molecule has 2 heterocycles. The molecule has 0 aromatic carbocycles. The minimum Gasteiger partial charge on any atom is -0.481 e. The Morgan fingerprint density at radius 2 is 1.37 bits per heavy atom. The molecule has 0 saturated carbocycles. The summed E-state index contributed by atoms with van der Waals surface area (Å²) in [6.07, 6.45) is 2.25. The number of ketones is 5. The molecule has 2 aliphatic heterocycles. The van der Waals surface area contributed by atoms with Crippen LogP contribution in [-0.4, -0.2) is 129 Å². The molecule has 0 aromatic rings. The molecule has 0 unspecified atom stereocenters. The summed E-state index contributed by atoms with van der Waals surface area (Å²) in [5, 5.41) is 30.2. The molecule has 0 radical (unpaired) electrons. The van der Waals surface area contributed by atoms with E-state index in [0.29, 0.717) is 32.2 Å². The third kappa shape index (κ3) is 21.2. The number of carboxylic acid groups (broad SMARTS) is 1. The minimum atomic E-state index is -1.19. The number of hydrogen-bond acceptors (Lipinski definition) is 13. The molecule has 0 bridgehead atoms. The van der Waals surface area contributed by atoms with E-state index in [-0.39, 0.29) is 101 Å². The van der Waals surface area contributed by atoms with Gasteiger partial charge in [-0.25, -0.2) is 0 Å². The summed E-state index contributed by atoms with van der Waals surface area (Å²) in [7, 11) is 0. The summed E-state index contributed by atoms with van der Waals surface area (Å²) in [4.78, 5) is 145. The van der Waals surface area contributed by atoms with Gasteiger partial charge in [0.2, 0.25) is 29.5 Å². The van der Waals surface area contributed by atoms with E-state index in [0.717, 1.165) is 12.8 Å². The quantitative estimate of drug-likeness (QED) is 0.0456. The standard InChI is InChI=1S/C49H80N6O13/c1-8-9-10-12-32(49(67)68)23-43(61)39-13-11-18-55(39)45(63)17-15-40(58)31(7)53-48(66)33(19-28(2)3)22-35(56)27-52-47(65)34(20-29(4)5)24-42(60)37(14-16-44(50)62)54-46(64)30(6)21-41(59)38-25-36(57)26-51-38/h28-34,36-39,51,57H,8-27H2,1-7H3,(H2,50,62)(H,52,65)(H,53,66)(H,54,64)(H,67,68)/t30-,31+,32-,33-,34-,36-,37+,38+,39+/m1/s1. The zero-order chi connectivity index (χ0) is 51.2. The second kappa shape index (κ2) is 29.9. The third-order valence-electron chi connectivity index (χ3n) is 12.8. The van der Waals surface area contributed by atoms with Crippen molar-refractivity contribution in [3.8, 4) is 0 Å². The van der Waals surface area contributed by atoms with Crippen LogP contribution in [0.25, 0.3) is 0 Å². The summed E-state index contributed by atoms with van der Waals surface area (Å²) in [5.41, 5.74) is 5.35. The summed E-state index contributed by atoms with van der Waals surface area (Å²) in [6, 6.07) is -3.53. The number of rotatable bonds is 34. The number of primary amides is 1. The number of aliphatic hydroxyl groups excluding tert-OH is 1. The van der Waals surface area contributed by atoms with Crippen LogP contribution in [0.5, 0.6) is 0 Å². The molecule has 19 nitrogen and oxygen atoms in total. The van der Waals surface area contributed by atoms with Crippen LogP contribution in [-0.2, 0) is 52.7 Å². The number of aliphatic carboxylic acids is 1. The number of Topliss-reactive ketones (excluding diaryl/α,β-unsaturated/α-hetero) is 5. The van der Waals surface area contributed by atoms with Gasteiger partial charge >= 0.3 is 5.97 Å². The second-order valence-corrected chi connectivity index (χ2v) is 19.9. The van der Waals surface area contributed by atoms with Gasteiger partial charge in [-0.2, -0.15) is 0 Å². The summed E-state index contributed by atoms with van der Waals surface area (Å²) in [5.74, 6) is -9.43. The molecule has 0 aliphatic carbocycles. The van der Waals surface area contributed by atoms with Crippen LogP contribution in [0.1, 0.15) is 158 Å². The number of nitrogens with one attached hydrogen (secondary N) is 4. The molecule has 68 heavy (non-hydrogen) atoms. The number of β-amino-alcohol motifs (C(OH)–C–C–N with tert-alkyl or cyclic N) is 1. The topological polar surface area (TPSA) is 306 Å². The van der Waals surface area contributed by atoms with E-state index in [1.165, 1.54) is 18.7 Å². The lowest BCUT2D eigenvalue weighted by Gasteiger charge is -2.25. The SMILES string of the molecule is CCCCC[C@H](CC(=O)[C@@H]1CCCN1C(=O)CCC(=O)[C@H](C)NC(=O)[C@@H](CC(=O)CNC(=O)[C@@H](CC(=O)[C@H](CCC(N)=O)NC(=O)[C@H](C)CC(=O)[C@@H]1C[C@@H](O)CN1)CC(C)C)CC(C)C)C(=O)O. The van der Waals surface area contributed by atoms with Gasteiger partial charge in [-0.15, -0.1) is 0 Å². The van der Waals surface area contributed by atoms with Crippen molar-refractivity contribution >= 4 is 64.4 Å². The molecule has 2 fully saturated rings. The molecule has 2 rings (SSSR count). The molecule has 19 heteroatoms. The predicted molar refractivity (Wildman–Crippen MR) is 251 cm³/mol. The van der Waals surface area contributed by atoms with Crippen LogP contribution >= 0.6 is 0 Å². The molecule has 2 aliphatic rings. The van der Waals surface area contributed by atoms with Gasteiger partial charge in [0.25, 0.3) is 0 Å². The number of nitrogens with two attached hydrogens (primary N) is 1. The van der Waals surface area contributed by atoms with Crippen molar-refractivity contribution in [1.29, 1.82) is 0 Å². The van der Waals surface area contributed by atoms with E-state index in [1.54, 1.807) is 0 Å². The highest BCUT2D eigenvalue weighted by Gasteiger charge is 2.37. The average molecular weight is 961 g/mol. The third-order valence-corrected chi connectivity index (χ3v) is 12.8.